The van der Waals surface area contributed by atoms with Crippen LogP contribution in [0, 0.1) is 11.3 Å². The Morgan fingerprint density at radius 2 is 2.27 bits per heavy atom. The van der Waals surface area contributed by atoms with Gasteiger partial charge in [0, 0.05) is 23.1 Å². The number of nitrogens with one attached hydrogen (secondary N) is 2. The monoisotopic (exact) mass is 316 g/mol. The topological polar surface area (TPSA) is 101 Å². The maximum atomic E-state index is 12.2. The van der Waals surface area contributed by atoms with E-state index in [0.717, 1.165) is 17.7 Å². The van der Waals surface area contributed by atoms with Crippen molar-refractivity contribution in [2.45, 2.75) is 25.7 Å². The summed E-state index contributed by atoms with van der Waals surface area (Å²) in [4.78, 5) is 30.5. The van der Waals surface area contributed by atoms with Crippen LogP contribution in [-0.4, -0.2) is 21.8 Å². The third kappa shape index (κ3) is 2.12. The molecule has 2 amide bonds. The fourth-order valence-corrected chi connectivity index (χ4v) is 3.97. The molecule has 2 aromatic heterocycles. The van der Waals surface area contributed by atoms with E-state index in [1.807, 2.05) is 5.38 Å². The molecule has 2 fully saturated rings. The summed E-state index contributed by atoms with van der Waals surface area (Å²) in [7, 11) is 0. The maximum absolute atomic E-state index is 12.2. The average Bonchev–Trinajstić information content (AvgIpc) is 2.80. The first kappa shape index (κ1) is 13.5. The lowest BCUT2D eigenvalue weighted by Gasteiger charge is -2.26. The van der Waals surface area contributed by atoms with Gasteiger partial charge in [0.25, 0.3) is 5.91 Å². The standard InChI is InChI=1S/C15H16N4O2S/c16-12(20)10-4-8(6-17-10)11-7-22-14(18-11)19-13(21)9-5-15(9)2-1-3-15/h4,6-7,9,17H,1-3,5H2,(H2,16,20)(H,18,19,21). The van der Waals surface area contributed by atoms with E-state index in [9.17, 15) is 9.59 Å². The Labute approximate surface area is 131 Å². The molecule has 114 valence electrons. The average molecular weight is 316 g/mol. The van der Waals surface area contributed by atoms with Gasteiger partial charge in [0.1, 0.15) is 5.69 Å². The highest BCUT2D eigenvalue weighted by Crippen LogP contribution is 2.65. The number of thiazole rings is 1. The molecule has 4 rings (SSSR count). The van der Waals surface area contributed by atoms with Crippen LogP contribution in [0.3, 0.4) is 0 Å². The minimum atomic E-state index is -0.505. The van der Waals surface area contributed by atoms with Gasteiger partial charge in [-0.15, -0.1) is 11.3 Å². The number of hydrogen-bond donors (Lipinski definition) is 3. The van der Waals surface area contributed by atoms with Crippen molar-refractivity contribution in [3.05, 3.63) is 23.3 Å². The fourth-order valence-electron chi connectivity index (χ4n) is 3.24. The maximum Gasteiger partial charge on any atom is 0.265 e. The molecule has 6 nitrogen and oxygen atoms in total. The molecule has 4 N–H and O–H groups in total. The Morgan fingerprint density at radius 1 is 1.45 bits per heavy atom. The summed E-state index contributed by atoms with van der Waals surface area (Å²) in [6.07, 6.45) is 6.34. The van der Waals surface area contributed by atoms with E-state index >= 15 is 0 Å². The van der Waals surface area contributed by atoms with E-state index in [1.165, 1.54) is 30.6 Å². The molecule has 0 radical (unpaired) electrons. The molecule has 0 saturated heterocycles. The van der Waals surface area contributed by atoms with Gasteiger partial charge in [-0.05, 0) is 30.7 Å². The Hall–Kier alpha value is -2.15. The Bertz CT molecular complexity index is 759. The van der Waals surface area contributed by atoms with Crippen molar-refractivity contribution < 1.29 is 9.59 Å². The fraction of sp³-hybridized carbons (Fsp3) is 0.400. The predicted molar refractivity (Wildman–Crippen MR) is 83.4 cm³/mol. The van der Waals surface area contributed by atoms with Gasteiger partial charge in [-0.1, -0.05) is 6.42 Å². The van der Waals surface area contributed by atoms with Crippen LogP contribution in [0.15, 0.2) is 17.6 Å². The first-order valence-corrected chi connectivity index (χ1v) is 8.20. The largest absolute Gasteiger partial charge is 0.364 e. The third-order valence-electron chi connectivity index (χ3n) is 4.83. The molecule has 2 aliphatic rings. The molecule has 0 aromatic carbocycles. The highest BCUT2D eigenvalue weighted by atomic mass is 32.1. The van der Waals surface area contributed by atoms with Crippen LogP contribution in [0.5, 0.6) is 0 Å². The van der Waals surface area contributed by atoms with Crippen LogP contribution >= 0.6 is 11.3 Å². The van der Waals surface area contributed by atoms with Crippen molar-refractivity contribution in [1.82, 2.24) is 9.97 Å². The van der Waals surface area contributed by atoms with Crippen LogP contribution in [0.2, 0.25) is 0 Å². The minimum Gasteiger partial charge on any atom is -0.364 e. The van der Waals surface area contributed by atoms with Crippen LogP contribution in [0.25, 0.3) is 11.3 Å². The van der Waals surface area contributed by atoms with E-state index in [1.54, 1.807) is 12.3 Å². The molecule has 0 bridgehead atoms. The van der Waals surface area contributed by atoms with Gasteiger partial charge in [0.2, 0.25) is 5.91 Å². The highest BCUT2D eigenvalue weighted by molar-refractivity contribution is 7.14. The lowest BCUT2D eigenvalue weighted by Crippen LogP contribution is -2.23. The number of carbonyl (C=O) groups excluding carboxylic acids is 2. The number of rotatable bonds is 4. The van der Waals surface area contributed by atoms with E-state index in [-0.39, 0.29) is 11.8 Å². The zero-order valence-electron chi connectivity index (χ0n) is 11.9. The summed E-state index contributed by atoms with van der Waals surface area (Å²) in [5.74, 6) is -0.246. The second kappa shape index (κ2) is 4.67. The molecule has 0 aliphatic heterocycles. The molecule has 7 heteroatoms. The number of amides is 2. The number of nitrogens with two attached hydrogens (primary N) is 1. The van der Waals surface area contributed by atoms with E-state index in [4.69, 9.17) is 5.73 Å². The van der Waals surface area contributed by atoms with Crippen molar-refractivity contribution in [2.75, 3.05) is 5.32 Å². The van der Waals surface area contributed by atoms with Gasteiger partial charge >= 0.3 is 0 Å². The van der Waals surface area contributed by atoms with Gasteiger partial charge in [0.05, 0.1) is 5.69 Å². The zero-order valence-corrected chi connectivity index (χ0v) is 12.7. The lowest BCUT2D eigenvalue weighted by molar-refractivity contribution is -0.118. The number of aromatic nitrogens is 2. The van der Waals surface area contributed by atoms with Crippen molar-refractivity contribution in [2.24, 2.45) is 17.1 Å². The molecule has 1 spiro atoms. The molecule has 1 unspecified atom stereocenters. The van der Waals surface area contributed by atoms with Crippen molar-refractivity contribution >= 4 is 28.3 Å². The van der Waals surface area contributed by atoms with Gasteiger partial charge in [0.15, 0.2) is 5.13 Å². The number of nitrogens with zero attached hydrogens (tertiary/aromatic N) is 1. The normalized spacial score (nSPS) is 21.4. The second-order valence-electron chi connectivity index (χ2n) is 6.17. The van der Waals surface area contributed by atoms with Crippen molar-refractivity contribution in [3.63, 3.8) is 0 Å². The van der Waals surface area contributed by atoms with Gasteiger partial charge < -0.3 is 16.0 Å². The van der Waals surface area contributed by atoms with Gasteiger partial charge in [-0.25, -0.2) is 4.98 Å². The lowest BCUT2D eigenvalue weighted by atomic mass is 9.80. The molecular weight excluding hydrogens is 300 g/mol. The molecular formula is C15H16N4O2S. The third-order valence-corrected chi connectivity index (χ3v) is 5.59. The van der Waals surface area contributed by atoms with Crippen LogP contribution in [0.4, 0.5) is 5.13 Å². The number of hydrogen-bond acceptors (Lipinski definition) is 4. The predicted octanol–water partition coefficient (Wildman–Crippen LogP) is 2.37. The quantitative estimate of drug-likeness (QED) is 0.807. The molecule has 1 atom stereocenters. The summed E-state index contributed by atoms with van der Waals surface area (Å²) in [5, 5.41) is 5.37. The van der Waals surface area contributed by atoms with Crippen LogP contribution in [0.1, 0.15) is 36.2 Å². The zero-order chi connectivity index (χ0) is 15.3. The summed E-state index contributed by atoms with van der Waals surface area (Å²) >= 11 is 1.39. The van der Waals surface area contributed by atoms with Gasteiger partial charge in [-0.3, -0.25) is 9.59 Å². The number of aromatic amines is 1. The molecule has 2 aliphatic carbocycles. The highest BCUT2D eigenvalue weighted by Gasteiger charge is 2.60. The number of anilines is 1. The van der Waals surface area contributed by atoms with E-state index in [2.05, 4.69) is 15.3 Å². The first-order valence-electron chi connectivity index (χ1n) is 7.32. The Balaban J connectivity index is 1.45. The summed E-state index contributed by atoms with van der Waals surface area (Å²) in [5.41, 5.74) is 7.39. The second-order valence-corrected chi connectivity index (χ2v) is 7.02. The minimum absolute atomic E-state index is 0.0903. The first-order chi connectivity index (χ1) is 10.6. The van der Waals surface area contributed by atoms with Crippen molar-refractivity contribution in [1.29, 1.82) is 0 Å². The SMILES string of the molecule is NC(=O)c1cc(-c2csc(NC(=O)C3CC34CCC4)n2)c[nH]1. The number of H-pyrrole nitrogens is 1. The molecule has 2 heterocycles. The van der Waals surface area contributed by atoms with E-state index < -0.39 is 5.91 Å². The van der Waals surface area contributed by atoms with Gasteiger partial charge in [-0.2, -0.15) is 0 Å². The molecule has 2 saturated carbocycles. The van der Waals surface area contributed by atoms with E-state index in [0.29, 0.717) is 16.2 Å². The van der Waals surface area contributed by atoms with Crippen molar-refractivity contribution in [3.8, 4) is 11.3 Å². The van der Waals surface area contributed by atoms with Crippen LogP contribution < -0.4 is 11.1 Å². The number of carbonyl (C=O) groups is 2. The van der Waals surface area contributed by atoms with Crippen LogP contribution in [-0.2, 0) is 4.79 Å². The Morgan fingerprint density at radius 3 is 2.86 bits per heavy atom. The smallest absolute Gasteiger partial charge is 0.265 e. The number of primary amides is 1. The molecule has 22 heavy (non-hydrogen) atoms. The molecule has 2 aromatic rings. The Kier molecular flexibility index (Phi) is 2.87. The summed E-state index contributed by atoms with van der Waals surface area (Å²) in [6, 6.07) is 1.66. The summed E-state index contributed by atoms with van der Waals surface area (Å²) in [6.45, 7) is 0. The summed E-state index contributed by atoms with van der Waals surface area (Å²) < 4.78 is 0.